The summed E-state index contributed by atoms with van der Waals surface area (Å²) in [4.78, 5) is 90.7. The highest BCUT2D eigenvalue weighted by atomic mass is 19.1. The van der Waals surface area contributed by atoms with Gasteiger partial charge in [-0.05, 0) is 152 Å². The standard InChI is InChI=1S/C59H70FN11O5/c1-36(2)70-35-62-50-32-49(65-54(53(50)70)64-48-9-5-4-8-47(48)60)39-12-16-46-51(29-39)71(44-30-43(31-44)67-22-6-3-7-23-67)58(76)59(46)20-26-69(27-21-59)57(75)38-18-24-68(25-19-38)56(74)37-10-13-41(14-11-37)63-42-28-40(33-61-34-42)45-15-17-52(72)66-55(45)73/h4-5,8-9,12,16,28-29,32-38,41,43-45,63H,3,6-7,10-11,13-15,17-27,30-31H2,1-2H3,(H,64,65)(H,66,72,73). The van der Waals surface area contributed by atoms with E-state index in [9.17, 15) is 19.2 Å². The average Bonchev–Trinajstić information content (AvgIpc) is 3.96. The predicted molar refractivity (Wildman–Crippen MR) is 288 cm³/mol. The molecule has 2 aromatic carbocycles. The van der Waals surface area contributed by atoms with E-state index in [1.807, 2.05) is 26.5 Å². The van der Waals surface area contributed by atoms with Crippen LogP contribution in [0.5, 0.6) is 0 Å². The number of pyridine rings is 2. The molecule has 76 heavy (non-hydrogen) atoms. The summed E-state index contributed by atoms with van der Waals surface area (Å²) in [5.41, 5.74) is 6.21. The highest BCUT2D eigenvalue weighted by molar-refractivity contribution is 6.09. The summed E-state index contributed by atoms with van der Waals surface area (Å²) < 4.78 is 17.2. The number of anilines is 4. The van der Waals surface area contributed by atoms with Crippen LogP contribution in [-0.4, -0.2) is 121 Å². The number of nitrogens with zero attached hydrogens (tertiary/aromatic N) is 8. The molecule has 4 saturated heterocycles. The number of carbonyl (C=O) groups excluding carboxylic acids is 5. The number of para-hydroxylation sites is 1. The Morgan fingerprint density at radius 3 is 2.24 bits per heavy atom. The summed E-state index contributed by atoms with van der Waals surface area (Å²) in [5.74, 6) is -0.544. The zero-order valence-electron chi connectivity index (χ0n) is 43.8. The molecule has 2 saturated carbocycles. The number of carbonyl (C=O) groups is 5. The van der Waals surface area contributed by atoms with Gasteiger partial charge in [0.2, 0.25) is 29.5 Å². The van der Waals surface area contributed by atoms with Gasteiger partial charge in [0.1, 0.15) is 11.3 Å². The van der Waals surface area contributed by atoms with Crippen molar-refractivity contribution in [3.05, 3.63) is 90.3 Å². The molecular formula is C59H70FN11O5. The first kappa shape index (κ1) is 50.1. The monoisotopic (exact) mass is 1030 g/mol. The zero-order valence-corrected chi connectivity index (χ0v) is 43.8. The molecule has 17 heteroatoms. The number of imide groups is 1. The van der Waals surface area contributed by atoms with E-state index in [0.717, 1.165) is 90.7 Å². The fraction of sp³-hybridized carbons (Fsp3) is 0.525. The second kappa shape index (κ2) is 20.7. The number of fused-ring (bicyclic) bond motifs is 3. The average molecular weight is 1030 g/mol. The van der Waals surface area contributed by atoms with E-state index in [-0.39, 0.29) is 65.3 Å². The Labute approximate surface area is 443 Å². The topological polar surface area (TPSA) is 178 Å². The van der Waals surface area contributed by atoms with E-state index in [1.165, 1.54) is 25.3 Å². The minimum atomic E-state index is -0.743. The molecule has 5 amide bonds. The van der Waals surface area contributed by atoms with E-state index in [1.54, 1.807) is 36.9 Å². The molecule has 398 valence electrons. The third-order valence-electron chi connectivity index (χ3n) is 18.2. The number of benzene rings is 2. The molecule has 1 unspecified atom stereocenters. The molecular weight excluding hydrogens is 962 g/mol. The Bertz CT molecular complexity index is 3050. The number of amides is 5. The number of rotatable bonds is 11. The SMILES string of the molecule is CC(C)n1cnc2cc(-c3ccc4c(c3)N(C3CC(N5CCCCC5)C3)C(=O)C43CCN(C(=O)C4CCN(C(=O)C5CCC(Nc6cncc(C7CCC(=O)NC7=O)c6)CC5)CC4)CC3)nc(Nc3ccccc3F)c21. The van der Waals surface area contributed by atoms with Crippen molar-refractivity contribution in [3.63, 3.8) is 0 Å². The lowest BCUT2D eigenvalue weighted by molar-refractivity contribution is -0.144. The molecule has 1 spiro atoms. The minimum Gasteiger partial charge on any atom is -0.381 e. The molecule has 6 fully saturated rings. The molecule has 0 radical (unpaired) electrons. The zero-order chi connectivity index (χ0) is 52.2. The fourth-order valence-electron chi connectivity index (χ4n) is 13.8. The number of aromatic nitrogens is 4. The maximum absolute atomic E-state index is 15.3. The van der Waals surface area contributed by atoms with Crippen LogP contribution in [0.15, 0.2) is 73.3 Å². The lowest BCUT2D eigenvalue weighted by Gasteiger charge is -2.48. The van der Waals surface area contributed by atoms with Crippen LogP contribution in [0.1, 0.15) is 133 Å². The predicted octanol–water partition coefficient (Wildman–Crippen LogP) is 8.61. The molecule has 0 bridgehead atoms. The van der Waals surface area contributed by atoms with Crippen molar-refractivity contribution >= 4 is 63.4 Å². The largest absolute Gasteiger partial charge is 0.381 e. The highest BCUT2D eigenvalue weighted by Gasteiger charge is 2.56. The van der Waals surface area contributed by atoms with Gasteiger partial charge in [-0.3, -0.25) is 34.3 Å². The number of piperidine rings is 4. The van der Waals surface area contributed by atoms with Gasteiger partial charge in [-0.25, -0.2) is 14.4 Å². The Balaban J connectivity index is 0.705. The number of halogens is 1. The summed E-state index contributed by atoms with van der Waals surface area (Å²) in [6.45, 7) is 8.52. The minimum absolute atomic E-state index is 0.0517. The summed E-state index contributed by atoms with van der Waals surface area (Å²) in [6, 6.07) is 17.7. The van der Waals surface area contributed by atoms with Crippen LogP contribution >= 0.6 is 0 Å². The third-order valence-corrected chi connectivity index (χ3v) is 18.2. The second-order valence-electron chi connectivity index (χ2n) is 23.1. The lowest BCUT2D eigenvalue weighted by Crippen LogP contribution is -2.58. The highest BCUT2D eigenvalue weighted by Crippen LogP contribution is 2.52. The van der Waals surface area contributed by atoms with E-state index in [4.69, 9.17) is 9.97 Å². The van der Waals surface area contributed by atoms with Gasteiger partial charge in [0.15, 0.2) is 5.82 Å². The van der Waals surface area contributed by atoms with E-state index >= 15 is 9.18 Å². The van der Waals surface area contributed by atoms with Crippen LogP contribution in [0.4, 0.5) is 27.3 Å². The lowest BCUT2D eigenvalue weighted by atomic mass is 9.73. The van der Waals surface area contributed by atoms with Gasteiger partial charge in [0.25, 0.3) is 0 Å². The van der Waals surface area contributed by atoms with Crippen molar-refractivity contribution in [3.8, 4) is 11.3 Å². The Hall–Kier alpha value is -6.75. The number of imidazole rings is 1. The molecule has 5 aliphatic heterocycles. The van der Waals surface area contributed by atoms with Crippen LogP contribution in [-0.2, 0) is 29.4 Å². The van der Waals surface area contributed by atoms with Crippen molar-refractivity contribution in [2.24, 2.45) is 11.8 Å². The second-order valence-corrected chi connectivity index (χ2v) is 23.1. The number of likely N-dealkylation sites (tertiary alicyclic amines) is 3. The number of hydrogen-bond acceptors (Lipinski definition) is 11. The van der Waals surface area contributed by atoms with Crippen LogP contribution < -0.4 is 20.9 Å². The maximum Gasteiger partial charge on any atom is 0.238 e. The first-order chi connectivity index (χ1) is 36.9. The van der Waals surface area contributed by atoms with Crippen LogP contribution in [0.25, 0.3) is 22.3 Å². The van der Waals surface area contributed by atoms with Gasteiger partial charge in [-0.2, -0.15) is 0 Å². The van der Waals surface area contributed by atoms with Gasteiger partial charge >= 0.3 is 0 Å². The van der Waals surface area contributed by atoms with Crippen molar-refractivity contribution in [2.45, 2.75) is 146 Å². The third kappa shape index (κ3) is 9.39. The summed E-state index contributed by atoms with van der Waals surface area (Å²) in [5, 5.41) is 9.30. The van der Waals surface area contributed by atoms with Gasteiger partial charge in [0.05, 0.1) is 40.2 Å². The molecule has 8 heterocycles. The molecule has 7 aliphatic rings. The van der Waals surface area contributed by atoms with E-state index in [2.05, 4.69) is 62.8 Å². The maximum atomic E-state index is 15.3. The molecule has 1 atom stereocenters. The molecule has 16 nitrogen and oxygen atoms in total. The van der Waals surface area contributed by atoms with Gasteiger partial charge < -0.3 is 34.8 Å². The first-order valence-electron chi connectivity index (χ1n) is 28.2. The fourth-order valence-corrected chi connectivity index (χ4v) is 13.8. The Kier molecular flexibility index (Phi) is 13.6. The van der Waals surface area contributed by atoms with E-state index < -0.39 is 11.3 Å². The van der Waals surface area contributed by atoms with Crippen LogP contribution in [0, 0.1) is 17.7 Å². The van der Waals surface area contributed by atoms with Crippen LogP contribution in [0.2, 0.25) is 0 Å². The van der Waals surface area contributed by atoms with Crippen molar-refractivity contribution in [2.75, 3.05) is 54.8 Å². The Morgan fingerprint density at radius 2 is 1.51 bits per heavy atom. The van der Waals surface area contributed by atoms with E-state index in [0.29, 0.717) is 87.9 Å². The smallest absolute Gasteiger partial charge is 0.238 e. The first-order valence-corrected chi connectivity index (χ1v) is 28.2. The molecule has 12 rings (SSSR count). The van der Waals surface area contributed by atoms with Crippen molar-refractivity contribution in [1.82, 2.24) is 39.5 Å². The summed E-state index contributed by atoms with van der Waals surface area (Å²) >= 11 is 0. The number of hydrogen-bond donors (Lipinski definition) is 3. The van der Waals surface area contributed by atoms with Gasteiger partial charge in [-0.15, -0.1) is 0 Å². The summed E-state index contributed by atoms with van der Waals surface area (Å²) in [7, 11) is 0. The summed E-state index contributed by atoms with van der Waals surface area (Å²) in [6.07, 6.45) is 17.2. The Morgan fingerprint density at radius 1 is 0.789 bits per heavy atom. The van der Waals surface area contributed by atoms with Crippen molar-refractivity contribution < 1.29 is 28.4 Å². The quantitative estimate of drug-likeness (QED) is 0.108. The molecule has 5 aromatic rings. The molecule has 3 N–H and O–H groups in total. The van der Waals surface area contributed by atoms with Gasteiger partial charge in [-0.1, -0.05) is 30.7 Å². The number of nitrogens with one attached hydrogen (secondary N) is 3. The normalized spacial score (nSPS) is 25.2. The van der Waals surface area contributed by atoms with Crippen molar-refractivity contribution in [1.29, 1.82) is 0 Å². The van der Waals surface area contributed by atoms with Gasteiger partial charge in [0, 0.05) is 92.2 Å². The molecule has 3 aromatic heterocycles. The van der Waals surface area contributed by atoms with Crippen LogP contribution in [0.3, 0.4) is 0 Å². The molecule has 2 aliphatic carbocycles.